The zero-order chi connectivity index (χ0) is 16.1. The van der Waals surface area contributed by atoms with Crippen LogP contribution in [0.3, 0.4) is 0 Å². The van der Waals surface area contributed by atoms with Crippen molar-refractivity contribution in [2.24, 2.45) is 15.9 Å². The van der Waals surface area contributed by atoms with E-state index in [1.807, 2.05) is 42.5 Å². The van der Waals surface area contributed by atoms with E-state index in [9.17, 15) is 5.11 Å². The number of nitrogens with zero attached hydrogens (tertiary/aromatic N) is 2. The summed E-state index contributed by atoms with van der Waals surface area (Å²) in [5.74, 6) is 1.61. The van der Waals surface area contributed by atoms with E-state index < -0.39 is 0 Å². The lowest BCUT2D eigenvalue weighted by Crippen LogP contribution is -2.06. The van der Waals surface area contributed by atoms with Crippen molar-refractivity contribution < 1.29 is 5.11 Å². The molecule has 0 radical (unpaired) electrons. The average molecular weight is 325 g/mol. The Morgan fingerprint density at radius 3 is 2.74 bits per heavy atom. The van der Waals surface area contributed by atoms with Crippen LogP contribution in [-0.4, -0.2) is 16.5 Å². The maximum atomic E-state index is 9.88. The van der Waals surface area contributed by atoms with E-state index in [1.54, 1.807) is 12.3 Å². The molecule has 1 aliphatic carbocycles. The monoisotopic (exact) mass is 325 g/mol. The van der Waals surface area contributed by atoms with Crippen molar-refractivity contribution in [1.82, 2.24) is 0 Å². The van der Waals surface area contributed by atoms with Gasteiger partial charge in [0.2, 0.25) is 0 Å². The number of aromatic hydroxyl groups is 1. The quantitative estimate of drug-likeness (QED) is 0.498. The summed E-state index contributed by atoms with van der Waals surface area (Å²) in [6.45, 7) is 0. The van der Waals surface area contributed by atoms with Crippen LogP contribution in [0.15, 0.2) is 58.7 Å². The summed E-state index contributed by atoms with van der Waals surface area (Å²) in [6.07, 6.45) is 4.00. The first kappa shape index (κ1) is 15.6. The Morgan fingerprint density at radius 1 is 1.22 bits per heavy atom. The van der Waals surface area contributed by atoms with Crippen molar-refractivity contribution in [1.29, 1.82) is 0 Å². The molecule has 5 heteroatoms. The molecule has 1 fully saturated rings. The first-order valence-electron chi connectivity index (χ1n) is 7.58. The van der Waals surface area contributed by atoms with E-state index >= 15 is 0 Å². The largest absolute Gasteiger partial charge is 0.507 e. The molecule has 0 amide bonds. The van der Waals surface area contributed by atoms with Gasteiger partial charge in [-0.15, -0.1) is 5.10 Å². The second-order valence-electron chi connectivity index (χ2n) is 5.55. The molecule has 0 atom stereocenters. The summed E-state index contributed by atoms with van der Waals surface area (Å²) in [5, 5.41) is 18.3. The minimum Gasteiger partial charge on any atom is -0.507 e. The SMILES string of the molecule is NC(=NN=Cc1cc(C2CC2)ccc1O)SCc1ccccc1. The number of amidine groups is 1. The highest BCUT2D eigenvalue weighted by Crippen LogP contribution is 2.40. The number of phenolic OH excluding ortho intramolecular Hbond substituents is 1. The van der Waals surface area contributed by atoms with Crippen molar-refractivity contribution in [2.45, 2.75) is 24.5 Å². The van der Waals surface area contributed by atoms with Crippen LogP contribution in [0, 0.1) is 0 Å². The minimum atomic E-state index is 0.212. The van der Waals surface area contributed by atoms with Gasteiger partial charge in [0.1, 0.15) is 5.75 Å². The number of hydrogen-bond donors (Lipinski definition) is 2. The fourth-order valence-corrected chi connectivity index (χ4v) is 2.87. The second-order valence-corrected chi connectivity index (χ2v) is 6.55. The fourth-order valence-electron chi connectivity index (χ4n) is 2.26. The first-order valence-corrected chi connectivity index (χ1v) is 8.57. The Morgan fingerprint density at radius 2 is 2.00 bits per heavy atom. The van der Waals surface area contributed by atoms with Gasteiger partial charge in [0.25, 0.3) is 0 Å². The van der Waals surface area contributed by atoms with Gasteiger partial charge in [-0.25, -0.2) is 0 Å². The molecule has 3 N–H and O–H groups in total. The summed E-state index contributed by atoms with van der Waals surface area (Å²) in [6, 6.07) is 15.7. The van der Waals surface area contributed by atoms with Crippen molar-refractivity contribution in [3.8, 4) is 5.75 Å². The maximum Gasteiger partial charge on any atom is 0.180 e. The molecule has 0 saturated heterocycles. The van der Waals surface area contributed by atoms with Crippen molar-refractivity contribution in [2.75, 3.05) is 0 Å². The Kier molecular flexibility index (Phi) is 4.98. The van der Waals surface area contributed by atoms with Crippen LogP contribution in [0.2, 0.25) is 0 Å². The summed E-state index contributed by atoms with van der Waals surface area (Å²) in [4.78, 5) is 0. The van der Waals surface area contributed by atoms with Crippen LogP contribution in [0.4, 0.5) is 0 Å². The van der Waals surface area contributed by atoms with Gasteiger partial charge >= 0.3 is 0 Å². The highest BCUT2D eigenvalue weighted by molar-refractivity contribution is 8.13. The molecule has 23 heavy (non-hydrogen) atoms. The minimum absolute atomic E-state index is 0.212. The van der Waals surface area contributed by atoms with Crippen LogP contribution in [0.1, 0.15) is 35.4 Å². The number of nitrogens with two attached hydrogens (primary N) is 1. The third-order valence-electron chi connectivity index (χ3n) is 3.68. The predicted octanol–water partition coefficient (Wildman–Crippen LogP) is 3.85. The lowest BCUT2D eigenvalue weighted by molar-refractivity contribution is 0.474. The molecular formula is C18H19N3OS. The van der Waals surface area contributed by atoms with E-state index in [0.717, 1.165) is 5.75 Å². The van der Waals surface area contributed by atoms with E-state index in [4.69, 9.17) is 5.73 Å². The lowest BCUT2D eigenvalue weighted by atomic mass is 10.1. The molecule has 0 aromatic heterocycles. The normalized spacial score (nSPS) is 15.2. The molecule has 0 unspecified atom stereocenters. The molecule has 0 spiro atoms. The first-order chi connectivity index (χ1) is 11.2. The van der Waals surface area contributed by atoms with Gasteiger partial charge in [-0.2, -0.15) is 5.10 Å². The summed E-state index contributed by atoms with van der Waals surface area (Å²) in [7, 11) is 0. The third kappa shape index (κ3) is 4.60. The molecule has 1 saturated carbocycles. The van der Waals surface area contributed by atoms with Crippen LogP contribution in [-0.2, 0) is 5.75 Å². The van der Waals surface area contributed by atoms with E-state index in [2.05, 4.69) is 10.2 Å². The molecule has 118 valence electrons. The van der Waals surface area contributed by atoms with Crippen molar-refractivity contribution in [3.63, 3.8) is 0 Å². The molecule has 2 aromatic rings. The second kappa shape index (κ2) is 7.33. The third-order valence-corrected chi connectivity index (χ3v) is 4.54. The molecule has 1 aliphatic rings. The summed E-state index contributed by atoms with van der Waals surface area (Å²) >= 11 is 1.44. The Hall–Kier alpha value is -2.27. The molecule has 0 heterocycles. The number of phenols is 1. The zero-order valence-corrected chi connectivity index (χ0v) is 13.5. The highest BCUT2D eigenvalue weighted by atomic mass is 32.2. The van der Waals surface area contributed by atoms with Gasteiger partial charge in [0, 0.05) is 11.3 Å². The Bertz CT molecular complexity index is 724. The molecule has 2 aromatic carbocycles. The van der Waals surface area contributed by atoms with Gasteiger partial charge in [-0.05, 0) is 42.0 Å². The van der Waals surface area contributed by atoms with Crippen molar-refractivity contribution in [3.05, 3.63) is 65.2 Å². The summed E-state index contributed by atoms with van der Waals surface area (Å²) < 4.78 is 0. The maximum absolute atomic E-state index is 9.88. The highest BCUT2D eigenvalue weighted by Gasteiger charge is 2.23. The molecule has 4 nitrogen and oxygen atoms in total. The molecular weight excluding hydrogens is 306 g/mol. The van der Waals surface area contributed by atoms with Crippen molar-refractivity contribution >= 4 is 23.1 Å². The number of rotatable bonds is 5. The Labute approximate surface area is 140 Å². The van der Waals surface area contributed by atoms with Gasteiger partial charge in [-0.1, -0.05) is 48.2 Å². The zero-order valence-electron chi connectivity index (χ0n) is 12.7. The predicted molar refractivity (Wildman–Crippen MR) is 97.0 cm³/mol. The smallest absolute Gasteiger partial charge is 0.180 e. The fraction of sp³-hybridized carbons (Fsp3) is 0.222. The van der Waals surface area contributed by atoms with Gasteiger partial charge in [0.15, 0.2) is 5.17 Å². The number of hydrogen-bond acceptors (Lipinski definition) is 4. The molecule has 0 aliphatic heterocycles. The van der Waals surface area contributed by atoms with Gasteiger partial charge in [-0.3, -0.25) is 0 Å². The number of benzene rings is 2. The van der Waals surface area contributed by atoms with Crippen LogP contribution in [0.25, 0.3) is 0 Å². The van der Waals surface area contributed by atoms with E-state index in [0.29, 0.717) is 16.6 Å². The topological polar surface area (TPSA) is 71.0 Å². The number of thioether (sulfide) groups is 1. The standard InChI is InChI=1S/C18H19N3OS/c19-18(23-12-13-4-2-1-3-5-13)21-20-11-16-10-15(14-6-7-14)8-9-17(16)22/h1-5,8-11,14,22H,6-7,12H2,(H2,19,21). The van der Waals surface area contributed by atoms with Crippen LogP contribution >= 0.6 is 11.8 Å². The van der Waals surface area contributed by atoms with Gasteiger partial charge in [0.05, 0.1) is 6.21 Å². The van der Waals surface area contributed by atoms with Gasteiger partial charge < -0.3 is 10.8 Å². The summed E-state index contributed by atoms with van der Waals surface area (Å²) in [5.41, 5.74) is 8.97. The van der Waals surface area contributed by atoms with Crippen LogP contribution < -0.4 is 5.73 Å². The van der Waals surface area contributed by atoms with E-state index in [-0.39, 0.29) is 5.75 Å². The lowest BCUT2D eigenvalue weighted by Gasteiger charge is -2.02. The molecule has 3 rings (SSSR count). The van der Waals surface area contributed by atoms with Crippen LogP contribution in [0.5, 0.6) is 5.75 Å². The van der Waals surface area contributed by atoms with E-state index in [1.165, 1.54) is 35.7 Å². The average Bonchev–Trinajstić information content (AvgIpc) is 3.41. The Balaban J connectivity index is 1.59. The molecule has 0 bridgehead atoms.